The number of para-hydroxylation sites is 1. The van der Waals surface area contributed by atoms with Crippen LogP contribution in [0.15, 0.2) is 24.3 Å². The Kier molecular flexibility index (Phi) is 2.56. The first kappa shape index (κ1) is 10.3. The van der Waals surface area contributed by atoms with Crippen molar-refractivity contribution in [2.24, 2.45) is 0 Å². The van der Waals surface area contributed by atoms with Crippen molar-refractivity contribution in [3.8, 4) is 0 Å². The van der Waals surface area contributed by atoms with Crippen molar-refractivity contribution in [2.75, 3.05) is 0 Å². The van der Waals surface area contributed by atoms with E-state index in [9.17, 15) is 0 Å². The molecule has 1 heterocycles. The van der Waals surface area contributed by atoms with Gasteiger partial charge in [-0.1, -0.05) is 45.9 Å². The van der Waals surface area contributed by atoms with Gasteiger partial charge in [0.15, 0.2) is 0 Å². The number of hydrogen-bond donors (Lipinski definition) is 1. The minimum absolute atomic E-state index is 0.565. The molecule has 1 aromatic carbocycles. The molecule has 0 fully saturated rings. The van der Waals surface area contributed by atoms with Crippen LogP contribution in [0.4, 0.5) is 0 Å². The van der Waals surface area contributed by atoms with E-state index < -0.39 is 0 Å². The average molecular weight is 201 g/mol. The third-order valence-corrected chi connectivity index (χ3v) is 2.93. The fraction of sp³-hybridized carbons (Fsp3) is 0.429. The Hall–Kier alpha value is -1.24. The maximum absolute atomic E-state index is 3.54. The molecule has 1 N–H and O–H groups in total. The average Bonchev–Trinajstić information content (AvgIpc) is 2.56. The first-order chi connectivity index (χ1) is 7.11. The molecule has 0 aliphatic heterocycles. The van der Waals surface area contributed by atoms with Gasteiger partial charge in [0.25, 0.3) is 0 Å². The number of nitrogens with one attached hydrogen (secondary N) is 1. The van der Waals surface area contributed by atoms with Crippen LogP contribution in [0.25, 0.3) is 10.9 Å². The van der Waals surface area contributed by atoms with Crippen LogP contribution in [0.5, 0.6) is 0 Å². The van der Waals surface area contributed by atoms with Crippen LogP contribution >= 0.6 is 0 Å². The van der Waals surface area contributed by atoms with Gasteiger partial charge in [-0.15, -0.1) is 0 Å². The number of hydrogen-bond acceptors (Lipinski definition) is 0. The van der Waals surface area contributed by atoms with Gasteiger partial charge in [0.1, 0.15) is 0 Å². The Morgan fingerprint density at radius 2 is 1.60 bits per heavy atom. The normalized spacial score (nSPS) is 11.9. The van der Waals surface area contributed by atoms with E-state index in [2.05, 4.69) is 56.9 Å². The zero-order valence-electron chi connectivity index (χ0n) is 9.96. The second kappa shape index (κ2) is 3.73. The van der Waals surface area contributed by atoms with Crippen LogP contribution < -0.4 is 0 Å². The molecular weight excluding hydrogens is 182 g/mol. The van der Waals surface area contributed by atoms with Crippen molar-refractivity contribution in [3.63, 3.8) is 0 Å². The Morgan fingerprint density at radius 1 is 0.933 bits per heavy atom. The first-order valence-electron chi connectivity index (χ1n) is 5.71. The summed E-state index contributed by atoms with van der Waals surface area (Å²) < 4.78 is 0. The lowest BCUT2D eigenvalue weighted by molar-refractivity contribution is 0.778. The zero-order valence-corrected chi connectivity index (χ0v) is 9.96. The smallest absolute Gasteiger partial charge is 0.0459 e. The highest BCUT2D eigenvalue weighted by molar-refractivity contribution is 5.85. The van der Waals surface area contributed by atoms with E-state index in [-0.39, 0.29) is 0 Å². The molecule has 0 aliphatic rings. The Labute approximate surface area is 91.5 Å². The van der Waals surface area contributed by atoms with Crippen molar-refractivity contribution >= 4 is 10.9 Å². The molecule has 0 saturated heterocycles. The molecule has 0 spiro atoms. The van der Waals surface area contributed by atoms with E-state index in [1.54, 1.807) is 0 Å². The van der Waals surface area contributed by atoms with Crippen LogP contribution in [0.2, 0.25) is 0 Å². The van der Waals surface area contributed by atoms with Gasteiger partial charge < -0.3 is 4.98 Å². The van der Waals surface area contributed by atoms with E-state index in [1.807, 2.05) is 0 Å². The van der Waals surface area contributed by atoms with Crippen LogP contribution in [0.3, 0.4) is 0 Å². The van der Waals surface area contributed by atoms with Crippen LogP contribution in [-0.4, -0.2) is 4.98 Å². The molecule has 1 aromatic heterocycles. The van der Waals surface area contributed by atoms with Gasteiger partial charge in [-0.05, 0) is 23.5 Å². The van der Waals surface area contributed by atoms with E-state index in [0.717, 1.165) is 0 Å². The minimum Gasteiger partial charge on any atom is -0.358 e. The summed E-state index contributed by atoms with van der Waals surface area (Å²) in [6.45, 7) is 9.02. The maximum Gasteiger partial charge on any atom is 0.0459 e. The van der Waals surface area contributed by atoms with Gasteiger partial charge in [0.2, 0.25) is 0 Å². The number of aromatic nitrogens is 1. The molecule has 0 amide bonds. The van der Waals surface area contributed by atoms with Crippen molar-refractivity contribution in [3.05, 3.63) is 35.5 Å². The Balaban J connectivity index is 2.75. The molecule has 1 nitrogen and oxygen atoms in total. The Bertz CT molecular complexity index is 463. The maximum atomic E-state index is 3.54. The van der Waals surface area contributed by atoms with Crippen molar-refractivity contribution in [2.45, 2.75) is 39.5 Å². The number of aromatic amines is 1. The monoisotopic (exact) mass is 201 g/mol. The van der Waals surface area contributed by atoms with Gasteiger partial charge in [-0.2, -0.15) is 0 Å². The Morgan fingerprint density at radius 3 is 2.20 bits per heavy atom. The highest BCUT2D eigenvalue weighted by Gasteiger charge is 2.15. The van der Waals surface area contributed by atoms with Gasteiger partial charge in [0.05, 0.1) is 0 Å². The second-order valence-electron chi connectivity index (χ2n) is 4.81. The molecule has 0 atom stereocenters. The molecular formula is C14H19N. The molecule has 0 radical (unpaired) electrons. The van der Waals surface area contributed by atoms with Crippen molar-refractivity contribution in [1.82, 2.24) is 4.98 Å². The lowest BCUT2D eigenvalue weighted by Crippen LogP contribution is -1.95. The number of rotatable bonds is 2. The quantitative estimate of drug-likeness (QED) is 0.740. The number of H-pyrrole nitrogens is 1. The van der Waals surface area contributed by atoms with E-state index in [1.165, 1.54) is 22.2 Å². The lowest BCUT2D eigenvalue weighted by Gasteiger charge is -2.10. The van der Waals surface area contributed by atoms with E-state index >= 15 is 0 Å². The molecule has 80 valence electrons. The van der Waals surface area contributed by atoms with Crippen LogP contribution in [-0.2, 0) is 0 Å². The number of fused-ring (bicyclic) bond motifs is 1. The third-order valence-electron chi connectivity index (χ3n) is 2.93. The summed E-state index contributed by atoms with van der Waals surface area (Å²) in [5.41, 5.74) is 4.15. The summed E-state index contributed by atoms with van der Waals surface area (Å²) in [6.07, 6.45) is 0. The zero-order chi connectivity index (χ0) is 11.0. The van der Waals surface area contributed by atoms with Gasteiger partial charge in [-0.25, -0.2) is 0 Å². The van der Waals surface area contributed by atoms with E-state index in [4.69, 9.17) is 0 Å². The second-order valence-corrected chi connectivity index (χ2v) is 4.81. The predicted octanol–water partition coefficient (Wildman–Crippen LogP) is 4.41. The van der Waals surface area contributed by atoms with Gasteiger partial charge in [-0.3, -0.25) is 0 Å². The largest absolute Gasteiger partial charge is 0.358 e. The summed E-state index contributed by atoms with van der Waals surface area (Å²) >= 11 is 0. The standard InChI is InChI=1S/C14H19N/c1-9(2)13-11-7-5-6-8-12(11)15-14(13)10(3)4/h5-10,15H,1-4H3. The fourth-order valence-corrected chi connectivity index (χ4v) is 2.26. The molecule has 0 bridgehead atoms. The summed E-state index contributed by atoms with van der Waals surface area (Å²) in [7, 11) is 0. The van der Waals surface area contributed by atoms with Crippen LogP contribution in [0.1, 0.15) is 50.8 Å². The molecule has 0 saturated carbocycles. The summed E-state index contributed by atoms with van der Waals surface area (Å²) in [5.74, 6) is 1.15. The molecule has 2 aromatic rings. The van der Waals surface area contributed by atoms with E-state index in [0.29, 0.717) is 11.8 Å². The molecule has 2 rings (SSSR count). The number of benzene rings is 1. The summed E-state index contributed by atoms with van der Waals surface area (Å²) in [4.78, 5) is 3.54. The first-order valence-corrected chi connectivity index (χ1v) is 5.71. The lowest BCUT2D eigenvalue weighted by atomic mass is 9.95. The molecule has 0 unspecified atom stereocenters. The van der Waals surface area contributed by atoms with Gasteiger partial charge >= 0.3 is 0 Å². The summed E-state index contributed by atoms with van der Waals surface area (Å²) in [6, 6.07) is 8.58. The van der Waals surface area contributed by atoms with Crippen LogP contribution in [0, 0.1) is 0 Å². The van der Waals surface area contributed by atoms with Crippen molar-refractivity contribution in [1.29, 1.82) is 0 Å². The molecule has 0 aliphatic carbocycles. The minimum atomic E-state index is 0.565. The highest BCUT2D eigenvalue weighted by Crippen LogP contribution is 2.32. The fourth-order valence-electron chi connectivity index (χ4n) is 2.26. The van der Waals surface area contributed by atoms with Crippen molar-refractivity contribution < 1.29 is 0 Å². The highest BCUT2D eigenvalue weighted by atomic mass is 14.7. The molecule has 15 heavy (non-hydrogen) atoms. The SMILES string of the molecule is CC(C)c1[nH]c2ccccc2c1C(C)C. The summed E-state index contributed by atoms with van der Waals surface area (Å²) in [5, 5.41) is 1.39. The van der Waals surface area contributed by atoms with Gasteiger partial charge in [0, 0.05) is 16.6 Å². The predicted molar refractivity (Wildman–Crippen MR) is 66.5 cm³/mol. The third kappa shape index (κ3) is 1.67. The topological polar surface area (TPSA) is 15.8 Å². The molecule has 1 heteroatoms.